The lowest BCUT2D eigenvalue weighted by molar-refractivity contribution is 0.364. The number of hydrogen-bond donors (Lipinski definition) is 1. The predicted octanol–water partition coefficient (Wildman–Crippen LogP) is 4.46. The zero-order valence-corrected chi connectivity index (χ0v) is 8.76. The van der Waals surface area contributed by atoms with Crippen molar-refractivity contribution >= 4 is 21.8 Å². The summed E-state index contributed by atoms with van der Waals surface area (Å²) in [6, 6.07) is 1.33. The zero-order chi connectivity index (χ0) is 12.0. The van der Waals surface area contributed by atoms with Crippen LogP contribution in [0.25, 0.3) is 0 Å². The maximum Gasteiger partial charge on any atom is 0.310 e. The minimum absolute atomic E-state index is 0.112. The Bertz CT molecular complexity index is 401. The minimum Gasteiger partial charge on any atom is -0.326 e. The van der Waals surface area contributed by atoms with Gasteiger partial charge in [-0.1, -0.05) is 37.1 Å². The Hall–Kier alpha value is -0.530. The van der Waals surface area contributed by atoms with Crippen molar-refractivity contribution in [2.24, 2.45) is 5.73 Å². The van der Waals surface area contributed by atoms with E-state index in [0.717, 1.165) is 6.07 Å². The second-order valence-electron chi connectivity index (χ2n) is 2.93. The normalized spacial score (nSPS) is 17.0. The molecular weight excluding hydrogens is 261 g/mol. The van der Waals surface area contributed by atoms with Gasteiger partial charge in [-0.05, 0) is 17.7 Å². The standard InChI is InChI=1S/C7H7ClF5NS/c8-7-3-6(2-1-5(7)4-14)15(9,10,11,12)13/h1-3H,4,14H2. The van der Waals surface area contributed by atoms with E-state index in [1.165, 1.54) is 0 Å². The molecule has 0 aliphatic carbocycles. The Morgan fingerprint density at radius 1 is 1.13 bits per heavy atom. The maximum absolute atomic E-state index is 12.3. The van der Waals surface area contributed by atoms with Gasteiger partial charge in [0.05, 0.1) is 0 Å². The highest BCUT2D eigenvalue weighted by molar-refractivity contribution is 8.45. The minimum atomic E-state index is -9.63. The van der Waals surface area contributed by atoms with Crippen LogP contribution in [0.5, 0.6) is 0 Å². The largest absolute Gasteiger partial charge is 0.326 e. The van der Waals surface area contributed by atoms with Crippen LogP contribution >= 0.6 is 21.8 Å². The van der Waals surface area contributed by atoms with E-state index in [2.05, 4.69) is 0 Å². The van der Waals surface area contributed by atoms with E-state index in [1.54, 1.807) is 0 Å². The molecule has 1 rings (SSSR count). The third-order valence-electron chi connectivity index (χ3n) is 1.69. The topological polar surface area (TPSA) is 26.0 Å². The van der Waals surface area contributed by atoms with Gasteiger partial charge in [-0.3, -0.25) is 0 Å². The Labute approximate surface area is 87.7 Å². The Balaban J connectivity index is 3.39. The second kappa shape index (κ2) is 2.78. The SMILES string of the molecule is NCc1ccc(S(F)(F)(F)(F)F)cc1Cl. The fourth-order valence-corrected chi connectivity index (χ4v) is 1.92. The van der Waals surface area contributed by atoms with E-state index in [9.17, 15) is 19.4 Å². The van der Waals surface area contributed by atoms with Crippen molar-refractivity contribution in [2.45, 2.75) is 11.4 Å². The van der Waals surface area contributed by atoms with Gasteiger partial charge in [-0.2, -0.15) is 0 Å². The Morgan fingerprint density at radius 3 is 2.00 bits per heavy atom. The van der Waals surface area contributed by atoms with Gasteiger partial charge in [0.25, 0.3) is 0 Å². The number of rotatable bonds is 2. The van der Waals surface area contributed by atoms with Crippen LogP contribution in [-0.4, -0.2) is 0 Å². The first-order chi connectivity index (χ1) is 6.44. The van der Waals surface area contributed by atoms with Crippen LogP contribution in [0.3, 0.4) is 0 Å². The molecular formula is C7H7ClF5NS. The first-order valence-electron chi connectivity index (χ1n) is 3.66. The summed E-state index contributed by atoms with van der Waals surface area (Å²) in [7, 11) is -9.63. The Kier molecular flexibility index (Phi) is 2.32. The number of benzene rings is 1. The molecule has 1 nitrogen and oxygen atoms in total. The lowest BCUT2D eigenvalue weighted by atomic mass is 10.2. The summed E-state index contributed by atoms with van der Waals surface area (Å²) >= 11 is 5.37. The molecule has 1 aromatic rings. The Morgan fingerprint density at radius 2 is 1.67 bits per heavy atom. The fraction of sp³-hybridized carbons (Fsp3) is 0.143. The molecule has 2 N–H and O–H groups in total. The van der Waals surface area contributed by atoms with Crippen LogP contribution in [-0.2, 0) is 6.54 Å². The molecule has 0 atom stereocenters. The number of halogens is 6. The summed E-state index contributed by atoms with van der Waals surface area (Å²) in [6.07, 6.45) is 0. The molecule has 0 radical (unpaired) electrons. The van der Waals surface area contributed by atoms with Crippen molar-refractivity contribution in [3.63, 3.8) is 0 Å². The molecule has 0 amide bonds. The van der Waals surface area contributed by atoms with Gasteiger partial charge in [-0.25, -0.2) is 0 Å². The third-order valence-corrected chi connectivity index (χ3v) is 3.19. The highest BCUT2D eigenvalue weighted by Crippen LogP contribution is 3.02. The van der Waals surface area contributed by atoms with Crippen LogP contribution in [0.1, 0.15) is 5.56 Å². The summed E-state index contributed by atoms with van der Waals surface area (Å²) in [5, 5.41) is -0.414. The average Bonchev–Trinajstić information content (AvgIpc) is 2.00. The highest BCUT2D eigenvalue weighted by Gasteiger charge is 2.65. The molecule has 0 fully saturated rings. The molecule has 0 saturated heterocycles. The van der Waals surface area contributed by atoms with Crippen LogP contribution in [0.2, 0.25) is 5.02 Å². The van der Waals surface area contributed by atoms with Gasteiger partial charge in [-0.15, -0.1) is 0 Å². The van der Waals surface area contributed by atoms with Gasteiger partial charge in [0, 0.05) is 11.6 Å². The summed E-state index contributed by atoms with van der Waals surface area (Å²) in [5.41, 5.74) is 5.31. The van der Waals surface area contributed by atoms with E-state index in [-0.39, 0.29) is 24.2 Å². The number of hydrogen-bond acceptors (Lipinski definition) is 1. The summed E-state index contributed by atoms with van der Waals surface area (Å²) in [4.78, 5) is -2.00. The lowest BCUT2D eigenvalue weighted by Gasteiger charge is -2.40. The van der Waals surface area contributed by atoms with Gasteiger partial charge in [0.15, 0.2) is 0 Å². The predicted molar refractivity (Wildman–Crippen MR) is 50.7 cm³/mol. The van der Waals surface area contributed by atoms with Crippen LogP contribution in [0.15, 0.2) is 23.1 Å². The van der Waals surface area contributed by atoms with Crippen molar-refractivity contribution in [3.8, 4) is 0 Å². The molecule has 0 saturated carbocycles. The van der Waals surface area contributed by atoms with Crippen molar-refractivity contribution in [2.75, 3.05) is 0 Å². The number of nitrogens with two attached hydrogens (primary N) is 1. The van der Waals surface area contributed by atoms with Crippen LogP contribution < -0.4 is 5.73 Å². The molecule has 0 heterocycles. The van der Waals surface area contributed by atoms with E-state index in [1.807, 2.05) is 0 Å². The molecule has 8 heteroatoms. The van der Waals surface area contributed by atoms with Crippen molar-refractivity contribution in [1.82, 2.24) is 0 Å². The molecule has 0 unspecified atom stereocenters. The molecule has 0 aliphatic heterocycles. The molecule has 88 valence electrons. The molecule has 0 spiro atoms. The van der Waals surface area contributed by atoms with E-state index >= 15 is 0 Å². The van der Waals surface area contributed by atoms with E-state index in [4.69, 9.17) is 17.3 Å². The second-order valence-corrected chi connectivity index (χ2v) is 5.74. The van der Waals surface area contributed by atoms with E-state index in [0.29, 0.717) is 0 Å². The molecule has 0 aromatic heterocycles. The summed E-state index contributed by atoms with van der Waals surface area (Å²) in [6.45, 7) is -0.112. The van der Waals surface area contributed by atoms with Gasteiger partial charge in [0.2, 0.25) is 0 Å². The lowest BCUT2D eigenvalue weighted by Crippen LogP contribution is -2.07. The average molecular weight is 268 g/mol. The zero-order valence-electron chi connectivity index (χ0n) is 7.19. The first kappa shape index (κ1) is 12.5. The molecule has 0 aliphatic rings. The fourth-order valence-electron chi connectivity index (χ4n) is 0.934. The monoisotopic (exact) mass is 267 g/mol. The summed E-state index contributed by atoms with van der Waals surface area (Å²) in [5.74, 6) is 0. The van der Waals surface area contributed by atoms with Crippen LogP contribution in [0, 0.1) is 0 Å². The first-order valence-corrected chi connectivity index (χ1v) is 5.99. The summed E-state index contributed by atoms with van der Waals surface area (Å²) < 4.78 is 61.4. The van der Waals surface area contributed by atoms with Crippen molar-refractivity contribution in [1.29, 1.82) is 0 Å². The van der Waals surface area contributed by atoms with E-state index < -0.39 is 20.1 Å². The van der Waals surface area contributed by atoms with Gasteiger partial charge >= 0.3 is 10.2 Å². The highest BCUT2D eigenvalue weighted by atomic mass is 35.5. The van der Waals surface area contributed by atoms with Crippen molar-refractivity contribution < 1.29 is 19.4 Å². The smallest absolute Gasteiger partial charge is 0.310 e. The molecule has 1 aromatic carbocycles. The maximum atomic E-state index is 12.3. The molecule has 15 heavy (non-hydrogen) atoms. The van der Waals surface area contributed by atoms with Crippen LogP contribution in [0.4, 0.5) is 19.4 Å². The van der Waals surface area contributed by atoms with Crippen molar-refractivity contribution in [3.05, 3.63) is 28.8 Å². The molecule has 0 bridgehead atoms. The third kappa shape index (κ3) is 2.96. The van der Waals surface area contributed by atoms with Gasteiger partial charge < -0.3 is 5.73 Å². The van der Waals surface area contributed by atoms with Gasteiger partial charge in [0.1, 0.15) is 4.90 Å². The quantitative estimate of drug-likeness (QED) is 0.787.